The zero-order valence-corrected chi connectivity index (χ0v) is 27.9. The van der Waals surface area contributed by atoms with Gasteiger partial charge in [0.05, 0.1) is 26.4 Å². The summed E-state index contributed by atoms with van der Waals surface area (Å²) in [6.07, 6.45) is 6.04. The molecule has 4 aromatic rings. The summed E-state index contributed by atoms with van der Waals surface area (Å²) in [5.74, 6) is 0.0550. The fraction of sp³-hybridized carbons (Fsp3) is 0.306. The van der Waals surface area contributed by atoms with Gasteiger partial charge in [-0.2, -0.15) is 0 Å². The summed E-state index contributed by atoms with van der Waals surface area (Å²) in [5.41, 5.74) is 3.32. The number of ether oxygens (including phenoxy) is 3. The van der Waals surface area contributed by atoms with Crippen LogP contribution in [0.5, 0.6) is 11.5 Å². The molecule has 1 aliphatic rings. The number of thiophene rings is 1. The number of carbonyl (C=O) groups is 3. The van der Waals surface area contributed by atoms with Crippen molar-refractivity contribution in [1.29, 1.82) is 0 Å². The molecule has 1 aromatic heterocycles. The fourth-order valence-corrected chi connectivity index (χ4v) is 7.83. The van der Waals surface area contributed by atoms with Crippen molar-refractivity contribution in [2.75, 3.05) is 31.5 Å². The minimum atomic E-state index is -0.627. The van der Waals surface area contributed by atoms with Crippen LogP contribution in [0.3, 0.4) is 0 Å². The average molecular weight is 659 g/mol. The zero-order chi connectivity index (χ0) is 32.5. The SMILES string of the molecule is CCOC(=O)c1c(NC(=O)C(Sc2cccc(NC(=O)c3ccc(OC)c(OC)c3)c2)c2ccccc2)sc2c1CCCCCC2. The molecule has 10 heteroatoms. The number of amides is 2. The van der Waals surface area contributed by atoms with E-state index in [1.165, 1.54) is 30.2 Å². The Morgan fingerprint density at radius 3 is 2.35 bits per heavy atom. The van der Waals surface area contributed by atoms with E-state index in [0.29, 0.717) is 33.3 Å². The molecule has 0 saturated carbocycles. The minimum Gasteiger partial charge on any atom is -0.493 e. The maximum atomic E-state index is 14.1. The number of nitrogens with one attached hydrogen (secondary N) is 2. The first-order valence-electron chi connectivity index (χ1n) is 15.4. The molecular weight excluding hydrogens is 621 g/mol. The Balaban J connectivity index is 1.40. The summed E-state index contributed by atoms with van der Waals surface area (Å²) in [5, 5.41) is 5.98. The number of hydrogen-bond donors (Lipinski definition) is 2. The van der Waals surface area contributed by atoms with Gasteiger partial charge in [-0.3, -0.25) is 9.59 Å². The molecule has 0 spiro atoms. The Kier molecular flexibility index (Phi) is 11.4. The van der Waals surface area contributed by atoms with Gasteiger partial charge in [0.1, 0.15) is 10.3 Å². The second-order valence-electron chi connectivity index (χ2n) is 10.8. The van der Waals surface area contributed by atoms with Crippen molar-refractivity contribution in [2.24, 2.45) is 0 Å². The van der Waals surface area contributed by atoms with Crippen molar-refractivity contribution in [3.8, 4) is 11.5 Å². The Morgan fingerprint density at radius 1 is 0.848 bits per heavy atom. The number of thioether (sulfide) groups is 1. The van der Waals surface area contributed by atoms with Crippen LogP contribution in [0.25, 0.3) is 0 Å². The number of aryl methyl sites for hydroxylation is 1. The van der Waals surface area contributed by atoms with E-state index >= 15 is 0 Å². The Hall–Kier alpha value is -4.28. The van der Waals surface area contributed by atoms with Crippen LogP contribution >= 0.6 is 23.1 Å². The summed E-state index contributed by atoms with van der Waals surface area (Å²) >= 11 is 2.86. The van der Waals surface area contributed by atoms with Crippen molar-refractivity contribution >= 4 is 51.6 Å². The van der Waals surface area contributed by atoms with Gasteiger partial charge < -0.3 is 24.8 Å². The molecule has 1 unspecified atom stereocenters. The number of anilines is 2. The molecule has 46 heavy (non-hydrogen) atoms. The lowest BCUT2D eigenvalue weighted by Gasteiger charge is -2.18. The number of hydrogen-bond acceptors (Lipinski definition) is 8. The third-order valence-corrected chi connectivity index (χ3v) is 10.2. The molecule has 3 aromatic carbocycles. The van der Waals surface area contributed by atoms with Crippen LogP contribution in [0, 0.1) is 0 Å². The molecule has 2 amide bonds. The van der Waals surface area contributed by atoms with Crippen LogP contribution < -0.4 is 20.1 Å². The number of esters is 1. The lowest BCUT2D eigenvalue weighted by Crippen LogP contribution is -2.20. The minimum absolute atomic E-state index is 0.240. The predicted octanol–water partition coefficient (Wildman–Crippen LogP) is 8.33. The van der Waals surface area contributed by atoms with Gasteiger partial charge >= 0.3 is 5.97 Å². The van der Waals surface area contributed by atoms with Gasteiger partial charge in [0.2, 0.25) is 5.91 Å². The van der Waals surface area contributed by atoms with Crippen LogP contribution in [0.4, 0.5) is 10.7 Å². The highest BCUT2D eigenvalue weighted by molar-refractivity contribution is 8.00. The molecule has 1 heterocycles. The molecule has 0 saturated heterocycles. The highest BCUT2D eigenvalue weighted by atomic mass is 32.2. The summed E-state index contributed by atoms with van der Waals surface area (Å²) in [4.78, 5) is 42.3. The van der Waals surface area contributed by atoms with E-state index in [1.54, 1.807) is 38.3 Å². The fourth-order valence-electron chi connectivity index (χ4n) is 5.47. The maximum Gasteiger partial charge on any atom is 0.341 e. The van der Waals surface area contributed by atoms with Gasteiger partial charge in [-0.1, -0.05) is 49.2 Å². The molecule has 1 aliphatic carbocycles. The van der Waals surface area contributed by atoms with Crippen LogP contribution in [0.2, 0.25) is 0 Å². The number of methoxy groups -OCH3 is 2. The summed E-state index contributed by atoms with van der Waals surface area (Å²) < 4.78 is 16.1. The number of benzene rings is 3. The van der Waals surface area contributed by atoms with Gasteiger partial charge in [-0.25, -0.2) is 4.79 Å². The Bertz CT molecular complexity index is 1690. The van der Waals surface area contributed by atoms with E-state index in [-0.39, 0.29) is 18.4 Å². The third-order valence-electron chi connectivity index (χ3n) is 7.72. The standard InChI is InChI=1S/C36H38N2O6S2/c1-4-44-36(41)31-27-17-10-5-6-11-18-30(27)46-35(31)38-34(40)32(23-13-8-7-9-14-23)45-26-16-12-15-25(22-26)37-33(39)24-19-20-28(42-2)29(21-24)43-3/h7-9,12-16,19-22,32H,4-6,10-11,17-18H2,1-3H3,(H,37,39)(H,38,40). The number of fused-ring (bicyclic) bond motifs is 1. The van der Waals surface area contributed by atoms with Gasteiger partial charge in [0.15, 0.2) is 11.5 Å². The van der Waals surface area contributed by atoms with Crippen LogP contribution in [0.1, 0.15) is 74.6 Å². The molecule has 0 bridgehead atoms. The number of carbonyl (C=O) groups excluding carboxylic acids is 3. The van der Waals surface area contributed by atoms with E-state index in [9.17, 15) is 14.4 Å². The monoisotopic (exact) mass is 658 g/mol. The van der Waals surface area contributed by atoms with E-state index in [1.807, 2.05) is 48.5 Å². The normalized spacial score (nSPS) is 13.4. The van der Waals surface area contributed by atoms with Gasteiger partial charge in [0, 0.05) is 21.0 Å². The zero-order valence-electron chi connectivity index (χ0n) is 26.2. The second-order valence-corrected chi connectivity index (χ2v) is 13.1. The summed E-state index contributed by atoms with van der Waals surface area (Å²) in [6.45, 7) is 2.05. The summed E-state index contributed by atoms with van der Waals surface area (Å²) in [7, 11) is 3.06. The van der Waals surface area contributed by atoms with E-state index < -0.39 is 11.2 Å². The largest absolute Gasteiger partial charge is 0.493 e. The quantitative estimate of drug-likeness (QED) is 0.123. The molecule has 0 aliphatic heterocycles. The average Bonchev–Trinajstić information content (AvgIpc) is 3.39. The smallest absolute Gasteiger partial charge is 0.341 e. The molecule has 2 N–H and O–H groups in total. The second kappa shape index (κ2) is 15.8. The maximum absolute atomic E-state index is 14.1. The molecule has 8 nitrogen and oxygen atoms in total. The number of rotatable bonds is 11. The van der Waals surface area contributed by atoms with Crippen LogP contribution in [-0.4, -0.2) is 38.6 Å². The highest BCUT2D eigenvalue weighted by Crippen LogP contribution is 2.41. The Morgan fingerprint density at radius 2 is 1.61 bits per heavy atom. The van der Waals surface area contributed by atoms with Crippen molar-refractivity contribution in [3.63, 3.8) is 0 Å². The summed E-state index contributed by atoms with van der Waals surface area (Å²) in [6, 6.07) is 21.9. The first-order valence-corrected chi connectivity index (χ1v) is 17.1. The van der Waals surface area contributed by atoms with Gasteiger partial charge in [0.25, 0.3) is 5.91 Å². The van der Waals surface area contributed by atoms with Crippen molar-refractivity contribution in [3.05, 3.63) is 99.9 Å². The lowest BCUT2D eigenvalue weighted by atomic mass is 9.96. The molecule has 240 valence electrons. The molecule has 1 atom stereocenters. The van der Waals surface area contributed by atoms with Crippen molar-refractivity contribution in [1.82, 2.24) is 0 Å². The van der Waals surface area contributed by atoms with Crippen molar-refractivity contribution < 1.29 is 28.6 Å². The first kappa shape index (κ1) is 33.1. The van der Waals surface area contributed by atoms with Gasteiger partial charge in [-0.05, 0) is 80.1 Å². The topological polar surface area (TPSA) is 103 Å². The van der Waals surface area contributed by atoms with Crippen LogP contribution in [0.15, 0.2) is 77.7 Å². The van der Waals surface area contributed by atoms with Crippen LogP contribution in [-0.2, 0) is 22.4 Å². The molecule has 5 rings (SSSR count). The third kappa shape index (κ3) is 7.92. The predicted molar refractivity (Wildman–Crippen MR) is 184 cm³/mol. The van der Waals surface area contributed by atoms with Crippen molar-refractivity contribution in [2.45, 2.75) is 55.6 Å². The molecule has 0 radical (unpaired) electrons. The van der Waals surface area contributed by atoms with E-state index in [2.05, 4.69) is 10.6 Å². The first-order chi connectivity index (χ1) is 22.4. The molecule has 0 fully saturated rings. The Labute approximate surface area is 277 Å². The van der Waals surface area contributed by atoms with E-state index in [4.69, 9.17) is 14.2 Å². The molecular formula is C36H38N2O6S2. The lowest BCUT2D eigenvalue weighted by molar-refractivity contribution is -0.115. The van der Waals surface area contributed by atoms with E-state index in [0.717, 1.165) is 59.4 Å². The highest BCUT2D eigenvalue weighted by Gasteiger charge is 2.29. The van der Waals surface area contributed by atoms with Gasteiger partial charge in [-0.15, -0.1) is 23.1 Å².